The van der Waals surface area contributed by atoms with Gasteiger partial charge in [0.2, 0.25) is 0 Å². The SMILES string of the molecule is C=C(/C=C\c1ccc2c(c1C)CCC=C2)c1ccc(-c2ccc3c(/C=C\C(=C)c4ccc(-c5ccc6c(n5)C5=C(CCC=N5)CC6)cc4)c(C)c4ccccc4c3c2)cc1. The molecular weight excluding hydrogens is 725 g/mol. The highest BCUT2D eigenvalue weighted by atomic mass is 14.8. The third kappa shape index (κ3) is 6.92. The van der Waals surface area contributed by atoms with E-state index < -0.39 is 0 Å². The Balaban J connectivity index is 0.898. The lowest BCUT2D eigenvalue weighted by atomic mass is 9.89. The largest absolute Gasteiger partial charge is 0.259 e. The topological polar surface area (TPSA) is 25.2 Å². The first-order valence-electron chi connectivity index (χ1n) is 21.3. The van der Waals surface area contributed by atoms with Crippen molar-refractivity contribution in [3.05, 3.63) is 208 Å². The van der Waals surface area contributed by atoms with E-state index in [1.165, 1.54) is 77.2 Å². The van der Waals surface area contributed by atoms with E-state index in [0.29, 0.717) is 0 Å². The first kappa shape index (κ1) is 37.4. The van der Waals surface area contributed by atoms with Gasteiger partial charge in [-0.05, 0) is 164 Å². The summed E-state index contributed by atoms with van der Waals surface area (Å²) in [6.45, 7) is 13.4. The van der Waals surface area contributed by atoms with Gasteiger partial charge in [-0.2, -0.15) is 0 Å². The van der Waals surface area contributed by atoms with E-state index in [-0.39, 0.29) is 0 Å². The van der Waals surface area contributed by atoms with Crippen molar-refractivity contribution in [3.8, 4) is 22.4 Å². The maximum Gasteiger partial charge on any atom is 0.0925 e. The van der Waals surface area contributed by atoms with Crippen molar-refractivity contribution in [1.82, 2.24) is 4.98 Å². The maximum absolute atomic E-state index is 5.13. The van der Waals surface area contributed by atoms with Crippen LogP contribution in [0.2, 0.25) is 0 Å². The lowest BCUT2D eigenvalue weighted by Crippen LogP contribution is -2.09. The highest BCUT2D eigenvalue weighted by Crippen LogP contribution is 2.39. The van der Waals surface area contributed by atoms with Crippen LogP contribution in [-0.4, -0.2) is 11.2 Å². The number of benzene rings is 6. The molecule has 0 fully saturated rings. The van der Waals surface area contributed by atoms with Crippen LogP contribution >= 0.6 is 0 Å². The molecule has 290 valence electrons. The monoisotopic (exact) mass is 772 g/mol. The number of allylic oxidation sites excluding steroid dienone is 6. The summed E-state index contributed by atoms with van der Waals surface area (Å²) in [4.78, 5) is 9.90. The molecule has 1 aromatic heterocycles. The molecule has 2 heterocycles. The summed E-state index contributed by atoms with van der Waals surface area (Å²) in [6.07, 6.45) is 21.9. The summed E-state index contributed by atoms with van der Waals surface area (Å²) in [5, 5.41) is 5.01. The van der Waals surface area contributed by atoms with Crippen molar-refractivity contribution in [1.29, 1.82) is 0 Å². The summed E-state index contributed by atoms with van der Waals surface area (Å²) in [5.74, 6) is 0. The predicted octanol–water partition coefficient (Wildman–Crippen LogP) is 15.3. The first-order chi connectivity index (χ1) is 29.4. The van der Waals surface area contributed by atoms with Crippen LogP contribution in [0.25, 0.3) is 79.0 Å². The normalized spacial score (nSPS) is 14.6. The second kappa shape index (κ2) is 15.7. The summed E-state index contributed by atoms with van der Waals surface area (Å²) in [5.41, 5.74) is 21.5. The number of aromatic nitrogens is 1. The van der Waals surface area contributed by atoms with E-state index in [0.717, 1.165) is 83.4 Å². The van der Waals surface area contributed by atoms with Crippen LogP contribution in [0.1, 0.15) is 81.4 Å². The zero-order valence-electron chi connectivity index (χ0n) is 34.6. The average molecular weight is 773 g/mol. The van der Waals surface area contributed by atoms with Crippen molar-refractivity contribution >= 4 is 62.8 Å². The summed E-state index contributed by atoms with van der Waals surface area (Å²) < 4.78 is 0. The number of aliphatic imine (C=N–C) groups is 1. The highest BCUT2D eigenvalue weighted by Gasteiger charge is 2.22. The molecule has 0 unspecified atom stereocenters. The van der Waals surface area contributed by atoms with Gasteiger partial charge in [-0.25, -0.2) is 4.98 Å². The molecule has 2 nitrogen and oxygen atoms in total. The molecule has 2 heteroatoms. The van der Waals surface area contributed by atoms with Gasteiger partial charge in [0.05, 0.1) is 17.1 Å². The van der Waals surface area contributed by atoms with Crippen molar-refractivity contribution in [2.75, 3.05) is 0 Å². The Labute approximate surface area is 354 Å². The molecule has 0 bridgehead atoms. The van der Waals surface area contributed by atoms with Gasteiger partial charge >= 0.3 is 0 Å². The number of aryl methyl sites for hydroxylation is 2. The van der Waals surface area contributed by atoms with Crippen molar-refractivity contribution in [3.63, 3.8) is 0 Å². The van der Waals surface area contributed by atoms with Crippen LogP contribution in [-0.2, 0) is 12.8 Å². The molecule has 10 rings (SSSR count). The lowest BCUT2D eigenvalue weighted by molar-refractivity contribution is 0.825. The number of hydrogen-bond acceptors (Lipinski definition) is 2. The molecule has 60 heavy (non-hydrogen) atoms. The third-order valence-corrected chi connectivity index (χ3v) is 13.0. The van der Waals surface area contributed by atoms with E-state index in [1.54, 1.807) is 0 Å². The molecule has 1 aliphatic heterocycles. The molecule has 0 radical (unpaired) electrons. The fraction of sp³-hybridized carbons (Fsp3) is 0.138. The first-order valence-corrected chi connectivity index (χ1v) is 21.3. The summed E-state index contributed by atoms with van der Waals surface area (Å²) in [6, 6.07) is 42.0. The minimum atomic E-state index is 0.968. The molecule has 0 saturated carbocycles. The zero-order valence-corrected chi connectivity index (χ0v) is 34.6. The number of rotatable bonds is 8. The van der Waals surface area contributed by atoms with Gasteiger partial charge in [0.15, 0.2) is 0 Å². The van der Waals surface area contributed by atoms with Gasteiger partial charge < -0.3 is 0 Å². The van der Waals surface area contributed by atoms with Crippen molar-refractivity contribution in [2.45, 2.75) is 52.4 Å². The minimum Gasteiger partial charge on any atom is -0.259 e. The quantitative estimate of drug-likeness (QED) is 0.112. The maximum atomic E-state index is 5.13. The van der Waals surface area contributed by atoms with E-state index in [1.807, 2.05) is 6.21 Å². The van der Waals surface area contributed by atoms with Crippen molar-refractivity contribution in [2.24, 2.45) is 4.99 Å². The highest BCUT2D eigenvalue weighted by molar-refractivity contribution is 6.14. The standard InChI is InChI=1S/C58H48N2/c1-37(15-17-43-22-25-45-10-5-6-12-50(45)39(43)3)41-18-23-44(24-19-41)49-30-33-54-52(40(4)51-13-7-8-14-53(51)55(54)36-49)32-16-38(2)42-20-26-46(27-21-42)56-34-31-48-29-28-47-11-9-35-59-57(47)58(48)60-56/h5,7-8,10,13-27,30-36H,1-2,6,9,11-12,28-29H2,3-4H3/b17-15-,32-16-. The Morgan fingerprint density at radius 3 is 2.13 bits per heavy atom. The van der Waals surface area contributed by atoms with Crippen LogP contribution < -0.4 is 0 Å². The third-order valence-electron chi connectivity index (χ3n) is 13.0. The number of fused-ring (bicyclic) bond motifs is 6. The van der Waals surface area contributed by atoms with Gasteiger partial charge in [-0.3, -0.25) is 4.99 Å². The van der Waals surface area contributed by atoms with Gasteiger partial charge in [0.1, 0.15) is 0 Å². The van der Waals surface area contributed by atoms with Crippen molar-refractivity contribution < 1.29 is 0 Å². The number of hydrogen-bond donors (Lipinski definition) is 0. The van der Waals surface area contributed by atoms with Crippen LogP contribution in [0, 0.1) is 13.8 Å². The van der Waals surface area contributed by atoms with E-state index in [9.17, 15) is 0 Å². The summed E-state index contributed by atoms with van der Waals surface area (Å²) in [7, 11) is 0. The smallest absolute Gasteiger partial charge is 0.0925 e. The second-order valence-corrected chi connectivity index (χ2v) is 16.5. The molecule has 2 aliphatic carbocycles. The average Bonchev–Trinajstić information content (AvgIpc) is 3.31. The Bertz CT molecular complexity index is 3050. The van der Waals surface area contributed by atoms with Gasteiger partial charge in [0.25, 0.3) is 0 Å². The van der Waals surface area contributed by atoms with Gasteiger partial charge in [-0.15, -0.1) is 0 Å². The second-order valence-electron chi connectivity index (χ2n) is 16.5. The Kier molecular flexibility index (Phi) is 9.78. The Morgan fingerprint density at radius 2 is 1.33 bits per heavy atom. The Hall–Kier alpha value is -6.90. The molecule has 0 N–H and O–H groups in total. The lowest BCUT2D eigenvalue weighted by Gasteiger charge is -2.22. The molecule has 3 aliphatic rings. The molecule has 6 aromatic carbocycles. The van der Waals surface area contributed by atoms with E-state index in [2.05, 4.69) is 179 Å². The Morgan fingerprint density at radius 1 is 0.600 bits per heavy atom. The molecule has 0 saturated heterocycles. The number of pyridine rings is 1. The van der Waals surface area contributed by atoms with Gasteiger partial charge in [0, 0.05) is 11.8 Å². The summed E-state index contributed by atoms with van der Waals surface area (Å²) >= 11 is 0. The fourth-order valence-corrected chi connectivity index (χ4v) is 9.41. The molecule has 0 spiro atoms. The van der Waals surface area contributed by atoms with Crippen LogP contribution in [0.3, 0.4) is 0 Å². The van der Waals surface area contributed by atoms with Crippen LogP contribution in [0.15, 0.2) is 157 Å². The zero-order chi connectivity index (χ0) is 40.7. The minimum absolute atomic E-state index is 0.968. The van der Waals surface area contributed by atoms with E-state index in [4.69, 9.17) is 9.98 Å². The molecule has 7 aromatic rings. The fourth-order valence-electron chi connectivity index (χ4n) is 9.41. The number of nitrogens with zero attached hydrogens (tertiary/aromatic N) is 2. The molecular formula is C58H48N2. The van der Waals surface area contributed by atoms with Gasteiger partial charge in [-0.1, -0.05) is 153 Å². The van der Waals surface area contributed by atoms with Crippen LogP contribution in [0.4, 0.5) is 0 Å². The molecule has 0 atom stereocenters. The van der Waals surface area contributed by atoms with E-state index >= 15 is 0 Å². The molecule has 0 amide bonds. The van der Waals surface area contributed by atoms with Crippen LogP contribution in [0.5, 0.6) is 0 Å². The predicted molar refractivity (Wildman–Crippen MR) is 259 cm³/mol.